The van der Waals surface area contributed by atoms with Crippen LogP contribution in [0.5, 0.6) is 5.75 Å². The maximum absolute atomic E-state index is 12.0. The van der Waals surface area contributed by atoms with E-state index in [1.54, 1.807) is 7.11 Å². The molecule has 7 heteroatoms. The topological polar surface area (TPSA) is 74.3 Å². The number of hydrogen-bond donors (Lipinski definition) is 2. The molecule has 7 nitrogen and oxygen atoms in total. The highest BCUT2D eigenvalue weighted by atomic mass is 16.5. The largest absolute Gasteiger partial charge is 0.491 e. The summed E-state index contributed by atoms with van der Waals surface area (Å²) in [5.41, 5.74) is 2.31. The van der Waals surface area contributed by atoms with Crippen molar-refractivity contribution in [3.63, 3.8) is 0 Å². The normalized spacial score (nSPS) is 15.9. The van der Waals surface area contributed by atoms with E-state index < -0.39 is 6.10 Å². The number of rotatable bonds is 12. The van der Waals surface area contributed by atoms with Gasteiger partial charge in [-0.15, -0.1) is 0 Å². The van der Waals surface area contributed by atoms with Gasteiger partial charge >= 0.3 is 0 Å². The lowest BCUT2D eigenvalue weighted by atomic mass is 10.1. The van der Waals surface area contributed by atoms with Gasteiger partial charge < -0.3 is 19.9 Å². The third-order valence-corrected chi connectivity index (χ3v) is 5.55. The lowest BCUT2D eigenvalue weighted by Gasteiger charge is -2.35. The number of amides is 1. The lowest BCUT2D eigenvalue weighted by Crippen LogP contribution is -2.51. The summed E-state index contributed by atoms with van der Waals surface area (Å²) in [7, 11) is 1.66. The minimum Gasteiger partial charge on any atom is -0.491 e. The first kappa shape index (κ1) is 24.2. The maximum atomic E-state index is 12.0. The van der Waals surface area contributed by atoms with Gasteiger partial charge in [0.15, 0.2) is 0 Å². The fraction of sp³-hybridized carbons (Fsp3) is 0.480. The van der Waals surface area contributed by atoms with Gasteiger partial charge in [0.25, 0.3) is 0 Å². The van der Waals surface area contributed by atoms with Crippen LogP contribution in [0.25, 0.3) is 11.1 Å². The van der Waals surface area contributed by atoms with Crippen LogP contribution < -0.4 is 10.1 Å². The van der Waals surface area contributed by atoms with Crippen molar-refractivity contribution < 1.29 is 19.4 Å². The number of hydrogen-bond acceptors (Lipinski definition) is 6. The summed E-state index contributed by atoms with van der Waals surface area (Å²) in [5, 5.41) is 13.3. The van der Waals surface area contributed by atoms with Crippen molar-refractivity contribution >= 4 is 5.91 Å². The number of aliphatic hydroxyl groups is 1. The molecule has 0 saturated carbocycles. The first-order chi connectivity index (χ1) is 15.6. The van der Waals surface area contributed by atoms with Crippen LogP contribution >= 0.6 is 0 Å². The standard InChI is InChI=1S/C25H35N3O4/c1-31-17-5-12-26-25(30)19-28-15-13-27(14-16-28)18-23(29)20-32-24-10-8-22(9-11-24)21-6-3-2-4-7-21/h2-4,6-11,23,29H,5,12-20H2,1H3,(H,26,30). The van der Waals surface area contributed by atoms with Gasteiger partial charge in [-0.25, -0.2) is 0 Å². The highest BCUT2D eigenvalue weighted by molar-refractivity contribution is 5.78. The van der Waals surface area contributed by atoms with Gasteiger partial charge in [-0.3, -0.25) is 14.6 Å². The Balaban J connectivity index is 1.31. The van der Waals surface area contributed by atoms with Crippen LogP contribution in [-0.2, 0) is 9.53 Å². The van der Waals surface area contributed by atoms with E-state index in [1.165, 1.54) is 5.56 Å². The third-order valence-electron chi connectivity index (χ3n) is 5.55. The number of carbonyl (C=O) groups excluding carboxylic acids is 1. The highest BCUT2D eigenvalue weighted by Gasteiger charge is 2.21. The molecule has 2 aromatic rings. The first-order valence-electron chi connectivity index (χ1n) is 11.3. The summed E-state index contributed by atoms with van der Waals surface area (Å²) in [6.07, 6.45) is 0.270. The van der Waals surface area contributed by atoms with Crippen molar-refractivity contribution in [1.82, 2.24) is 15.1 Å². The van der Waals surface area contributed by atoms with Crippen molar-refractivity contribution in [3.05, 3.63) is 54.6 Å². The number of nitrogens with one attached hydrogen (secondary N) is 1. The van der Waals surface area contributed by atoms with Gasteiger partial charge in [-0.2, -0.15) is 0 Å². The summed E-state index contributed by atoms with van der Waals surface area (Å²) >= 11 is 0. The molecule has 0 radical (unpaired) electrons. The molecule has 1 atom stereocenters. The summed E-state index contributed by atoms with van der Waals surface area (Å²) in [6, 6.07) is 18.1. The Bertz CT molecular complexity index is 793. The Labute approximate surface area is 190 Å². The zero-order chi connectivity index (χ0) is 22.6. The van der Waals surface area contributed by atoms with E-state index >= 15 is 0 Å². The molecule has 3 rings (SSSR count). The lowest BCUT2D eigenvalue weighted by molar-refractivity contribution is -0.122. The van der Waals surface area contributed by atoms with Crippen LogP contribution in [-0.4, -0.2) is 93.1 Å². The van der Waals surface area contributed by atoms with Gasteiger partial charge in [0.05, 0.1) is 6.54 Å². The van der Waals surface area contributed by atoms with Crippen molar-refractivity contribution in [2.45, 2.75) is 12.5 Å². The van der Waals surface area contributed by atoms with E-state index in [0.717, 1.165) is 43.9 Å². The molecule has 1 unspecified atom stereocenters. The van der Waals surface area contributed by atoms with Crippen LogP contribution in [0, 0.1) is 0 Å². The minimum atomic E-state index is -0.556. The second kappa shape index (κ2) is 13.2. The van der Waals surface area contributed by atoms with Crippen molar-refractivity contribution in [3.8, 4) is 16.9 Å². The van der Waals surface area contributed by atoms with E-state index in [9.17, 15) is 9.90 Å². The zero-order valence-electron chi connectivity index (χ0n) is 18.9. The van der Waals surface area contributed by atoms with Crippen LogP contribution in [0.15, 0.2) is 54.6 Å². The quantitative estimate of drug-likeness (QED) is 0.490. The van der Waals surface area contributed by atoms with E-state index in [1.807, 2.05) is 42.5 Å². The Morgan fingerprint density at radius 3 is 2.34 bits per heavy atom. The molecule has 1 aliphatic rings. The molecule has 0 aromatic heterocycles. The Morgan fingerprint density at radius 1 is 1.00 bits per heavy atom. The Hall–Kier alpha value is -2.45. The molecule has 1 aliphatic heterocycles. The molecule has 0 aliphatic carbocycles. The van der Waals surface area contributed by atoms with Gasteiger partial charge in [0.2, 0.25) is 5.91 Å². The van der Waals surface area contributed by atoms with Crippen molar-refractivity contribution in [2.75, 3.05) is 66.1 Å². The minimum absolute atomic E-state index is 0.0567. The van der Waals surface area contributed by atoms with E-state index in [0.29, 0.717) is 26.2 Å². The fourth-order valence-corrected chi connectivity index (χ4v) is 3.75. The van der Waals surface area contributed by atoms with E-state index in [-0.39, 0.29) is 12.5 Å². The number of methoxy groups -OCH3 is 1. The van der Waals surface area contributed by atoms with Crippen LogP contribution in [0.2, 0.25) is 0 Å². The Kier molecular flexibility index (Phi) is 9.97. The molecule has 2 N–H and O–H groups in total. The number of nitrogens with zero attached hydrogens (tertiary/aromatic N) is 2. The SMILES string of the molecule is COCCCNC(=O)CN1CCN(CC(O)COc2ccc(-c3ccccc3)cc2)CC1. The Morgan fingerprint density at radius 2 is 1.66 bits per heavy atom. The van der Waals surface area contributed by atoms with Gasteiger partial charge in [-0.1, -0.05) is 42.5 Å². The average molecular weight is 442 g/mol. The van der Waals surface area contributed by atoms with Gasteiger partial charge in [0, 0.05) is 53.0 Å². The summed E-state index contributed by atoms with van der Waals surface area (Å²) in [5.74, 6) is 0.811. The maximum Gasteiger partial charge on any atom is 0.234 e. The van der Waals surface area contributed by atoms with Crippen molar-refractivity contribution in [1.29, 1.82) is 0 Å². The monoisotopic (exact) mass is 441 g/mol. The number of carbonyl (C=O) groups is 1. The summed E-state index contributed by atoms with van der Waals surface area (Å²) < 4.78 is 10.8. The second-order valence-electron chi connectivity index (χ2n) is 8.13. The van der Waals surface area contributed by atoms with E-state index in [2.05, 4.69) is 27.2 Å². The second-order valence-corrected chi connectivity index (χ2v) is 8.13. The number of β-amino-alcohol motifs (C(OH)–C–C–N with tert-alkyl or cyclic N) is 1. The molecule has 0 bridgehead atoms. The van der Waals surface area contributed by atoms with Crippen LogP contribution in [0.4, 0.5) is 0 Å². The number of piperazine rings is 1. The molecule has 1 amide bonds. The highest BCUT2D eigenvalue weighted by Crippen LogP contribution is 2.22. The molecular weight excluding hydrogens is 406 g/mol. The third kappa shape index (κ3) is 8.24. The van der Waals surface area contributed by atoms with Crippen molar-refractivity contribution in [2.24, 2.45) is 0 Å². The average Bonchev–Trinajstić information content (AvgIpc) is 2.83. The molecule has 1 heterocycles. The van der Waals surface area contributed by atoms with Gasteiger partial charge in [-0.05, 0) is 29.7 Å². The fourth-order valence-electron chi connectivity index (χ4n) is 3.75. The predicted octanol–water partition coefficient (Wildman–Crippen LogP) is 1.86. The molecule has 1 fully saturated rings. The molecule has 1 saturated heterocycles. The molecular formula is C25H35N3O4. The number of ether oxygens (including phenoxy) is 2. The summed E-state index contributed by atoms with van der Waals surface area (Å²) in [6.45, 7) is 5.86. The number of aliphatic hydroxyl groups excluding tert-OH is 1. The molecule has 2 aromatic carbocycles. The van der Waals surface area contributed by atoms with Gasteiger partial charge in [0.1, 0.15) is 18.5 Å². The van der Waals surface area contributed by atoms with E-state index in [4.69, 9.17) is 9.47 Å². The smallest absolute Gasteiger partial charge is 0.234 e. The summed E-state index contributed by atoms with van der Waals surface area (Å²) in [4.78, 5) is 16.4. The molecule has 32 heavy (non-hydrogen) atoms. The zero-order valence-corrected chi connectivity index (χ0v) is 18.9. The molecule has 0 spiro atoms. The van der Waals surface area contributed by atoms with Crippen LogP contribution in [0.1, 0.15) is 6.42 Å². The van der Waals surface area contributed by atoms with Crippen LogP contribution in [0.3, 0.4) is 0 Å². The first-order valence-corrected chi connectivity index (χ1v) is 11.3. The predicted molar refractivity (Wildman–Crippen MR) is 126 cm³/mol. The molecule has 174 valence electrons. The number of benzene rings is 2.